The molecule has 4 aromatic rings. The number of ether oxygens (including phenoxy) is 1. The molecule has 0 amide bonds. The number of aliphatic hydroxyl groups is 1. The number of fused-ring (bicyclic) bond motifs is 2. The molecule has 6 heteroatoms. The number of aliphatic hydroxyl groups excluding tert-OH is 1. The van der Waals surface area contributed by atoms with Gasteiger partial charge in [-0.3, -0.25) is 4.79 Å². The third-order valence-corrected chi connectivity index (χ3v) is 5.51. The lowest BCUT2D eigenvalue weighted by Gasteiger charge is -2.32. The first-order valence-corrected chi connectivity index (χ1v) is 10.5. The summed E-state index contributed by atoms with van der Waals surface area (Å²) in [4.78, 5) is 14.7. The second kappa shape index (κ2) is 8.57. The third-order valence-electron chi connectivity index (χ3n) is 5.51. The highest BCUT2D eigenvalue weighted by molar-refractivity contribution is 6.15. The van der Waals surface area contributed by atoms with E-state index in [0.29, 0.717) is 17.1 Å². The monoisotopic (exact) mass is 448 g/mol. The molecule has 4 aromatic carbocycles. The second-order valence-corrected chi connectivity index (χ2v) is 7.59. The molecule has 164 valence electrons. The van der Waals surface area contributed by atoms with Crippen molar-refractivity contribution in [3.63, 3.8) is 0 Å². The zero-order valence-electron chi connectivity index (χ0n) is 17.8. The van der Waals surface area contributed by atoms with Crippen molar-refractivity contribution in [2.75, 3.05) is 4.90 Å². The van der Waals surface area contributed by atoms with Crippen LogP contribution in [0.1, 0.15) is 15.9 Å². The molecular formula is C28H17FN2O3. The second-order valence-electron chi connectivity index (χ2n) is 7.59. The Hall–Kier alpha value is -4.89. The molecule has 5 rings (SSSR count). The first-order chi connectivity index (χ1) is 16.6. The highest BCUT2D eigenvalue weighted by Gasteiger charge is 2.25. The van der Waals surface area contributed by atoms with Crippen LogP contribution in [0.25, 0.3) is 5.76 Å². The summed E-state index contributed by atoms with van der Waals surface area (Å²) in [6.07, 6.45) is 0. The number of halogens is 1. The van der Waals surface area contributed by atoms with E-state index in [2.05, 4.69) is 0 Å². The van der Waals surface area contributed by atoms with Crippen molar-refractivity contribution >= 4 is 28.6 Å². The fourth-order valence-electron chi connectivity index (χ4n) is 3.85. The van der Waals surface area contributed by atoms with Gasteiger partial charge in [0.15, 0.2) is 11.5 Å². The summed E-state index contributed by atoms with van der Waals surface area (Å²) >= 11 is 0. The Labute approximate surface area is 195 Å². The summed E-state index contributed by atoms with van der Waals surface area (Å²) in [6, 6.07) is 28.8. The van der Waals surface area contributed by atoms with Gasteiger partial charge in [-0.25, -0.2) is 4.39 Å². The predicted octanol–water partition coefficient (Wildman–Crippen LogP) is 7.08. The smallest absolute Gasteiger partial charge is 0.207 e. The maximum absolute atomic E-state index is 13.2. The Kier molecular flexibility index (Phi) is 5.29. The topological polar surface area (TPSA) is 73.6 Å². The maximum atomic E-state index is 13.2. The van der Waals surface area contributed by atoms with Crippen LogP contribution in [0, 0.1) is 17.1 Å². The molecule has 5 nitrogen and oxygen atoms in total. The minimum atomic E-state index is -0.680. The van der Waals surface area contributed by atoms with Crippen molar-refractivity contribution in [1.29, 1.82) is 5.26 Å². The minimum Gasteiger partial charge on any atom is -0.506 e. The van der Waals surface area contributed by atoms with Gasteiger partial charge < -0.3 is 14.7 Å². The highest BCUT2D eigenvalue weighted by atomic mass is 19.1. The molecule has 1 aliphatic rings. The van der Waals surface area contributed by atoms with Gasteiger partial charge in [0.25, 0.3) is 0 Å². The molecule has 0 fully saturated rings. The number of hydrogen-bond donors (Lipinski definition) is 1. The third kappa shape index (κ3) is 3.65. The fraction of sp³-hybridized carbons (Fsp3) is 0. The number of nitrogens with zero attached hydrogens (tertiary/aromatic N) is 2. The molecule has 1 heterocycles. The number of allylic oxidation sites excluding steroid dienone is 1. The lowest BCUT2D eigenvalue weighted by Crippen LogP contribution is -2.15. The number of Topliss-reactive ketones (excluding diaryl/α,β-unsaturated/α-hetero) is 1. The number of rotatable bonds is 4. The van der Waals surface area contributed by atoms with Crippen LogP contribution < -0.4 is 9.64 Å². The Morgan fingerprint density at radius 2 is 1.32 bits per heavy atom. The van der Waals surface area contributed by atoms with E-state index < -0.39 is 22.9 Å². The molecule has 1 N–H and O–H groups in total. The van der Waals surface area contributed by atoms with Crippen LogP contribution in [0.2, 0.25) is 0 Å². The van der Waals surface area contributed by atoms with Crippen molar-refractivity contribution in [2.24, 2.45) is 0 Å². The molecule has 0 spiro atoms. The van der Waals surface area contributed by atoms with Crippen LogP contribution in [-0.4, -0.2) is 10.9 Å². The van der Waals surface area contributed by atoms with Crippen LogP contribution in [0.3, 0.4) is 0 Å². The molecule has 0 saturated heterocycles. The molecule has 0 radical (unpaired) electrons. The summed E-state index contributed by atoms with van der Waals surface area (Å²) in [7, 11) is 0. The normalized spacial score (nSPS) is 12.5. The number of anilines is 3. The van der Waals surface area contributed by atoms with Crippen molar-refractivity contribution in [3.8, 4) is 17.6 Å². The van der Waals surface area contributed by atoms with Gasteiger partial charge in [0.2, 0.25) is 5.78 Å². The summed E-state index contributed by atoms with van der Waals surface area (Å²) in [6.45, 7) is 0. The summed E-state index contributed by atoms with van der Waals surface area (Å²) in [5.41, 5.74) is 2.54. The Bertz CT molecular complexity index is 1420. The average Bonchev–Trinajstić information content (AvgIpc) is 2.88. The Balaban J connectivity index is 1.53. The largest absolute Gasteiger partial charge is 0.506 e. The van der Waals surface area contributed by atoms with Crippen LogP contribution in [0.15, 0.2) is 103 Å². The van der Waals surface area contributed by atoms with E-state index in [9.17, 15) is 19.6 Å². The van der Waals surface area contributed by atoms with Crippen molar-refractivity contribution in [1.82, 2.24) is 0 Å². The number of carbonyl (C=O) groups excluding carboxylic acids is 1. The number of carbonyl (C=O) groups is 1. The summed E-state index contributed by atoms with van der Waals surface area (Å²) in [5.74, 6) is -0.189. The van der Waals surface area contributed by atoms with Crippen molar-refractivity contribution < 1.29 is 19.0 Å². The number of benzene rings is 4. The standard InChI is InChI=1S/C28H17FN2O3/c29-20-13-9-18(10-14-20)27(32)22(17-30)28(33)19-11-15-21(16-12-19)31-23-5-1-3-7-25(23)34-26-8-4-2-6-24(26)31/h1-16,33H. The quantitative estimate of drug-likeness (QED) is 0.138. The van der Waals surface area contributed by atoms with E-state index in [1.54, 1.807) is 30.3 Å². The van der Waals surface area contributed by atoms with Crippen LogP contribution in [0.4, 0.5) is 21.5 Å². The van der Waals surface area contributed by atoms with Gasteiger partial charge in [0.05, 0.1) is 11.4 Å². The van der Waals surface area contributed by atoms with E-state index in [0.717, 1.165) is 29.2 Å². The molecule has 34 heavy (non-hydrogen) atoms. The van der Waals surface area contributed by atoms with Gasteiger partial charge >= 0.3 is 0 Å². The number of hydrogen-bond acceptors (Lipinski definition) is 5. The lowest BCUT2D eigenvalue weighted by molar-refractivity contribution is 0.103. The molecule has 0 unspecified atom stereocenters. The lowest BCUT2D eigenvalue weighted by atomic mass is 10.00. The van der Waals surface area contributed by atoms with E-state index in [1.807, 2.05) is 53.4 Å². The zero-order chi connectivity index (χ0) is 23.7. The zero-order valence-corrected chi connectivity index (χ0v) is 17.8. The SMILES string of the molecule is N#CC(C(=O)c1ccc(F)cc1)=C(O)c1ccc(N2c3ccccc3Oc3ccccc32)cc1. The first kappa shape index (κ1) is 21.0. The van der Waals surface area contributed by atoms with Crippen molar-refractivity contribution in [3.05, 3.63) is 120 Å². The average molecular weight is 448 g/mol. The molecule has 1 aliphatic heterocycles. The molecule has 0 aliphatic carbocycles. The van der Waals surface area contributed by atoms with E-state index in [-0.39, 0.29) is 5.56 Å². The van der Waals surface area contributed by atoms with E-state index in [1.165, 1.54) is 12.1 Å². The number of nitriles is 1. The van der Waals surface area contributed by atoms with Gasteiger partial charge in [0.1, 0.15) is 23.2 Å². The molecule has 0 saturated carbocycles. The van der Waals surface area contributed by atoms with Crippen molar-refractivity contribution in [2.45, 2.75) is 0 Å². The summed E-state index contributed by atoms with van der Waals surface area (Å²) < 4.78 is 19.2. The molecular weight excluding hydrogens is 431 g/mol. The predicted molar refractivity (Wildman–Crippen MR) is 127 cm³/mol. The molecule has 0 aromatic heterocycles. The van der Waals surface area contributed by atoms with Gasteiger partial charge in [0, 0.05) is 16.8 Å². The molecule has 0 bridgehead atoms. The van der Waals surface area contributed by atoms with Gasteiger partial charge in [-0.1, -0.05) is 24.3 Å². The fourth-order valence-corrected chi connectivity index (χ4v) is 3.85. The van der Waals surface area contributed by atoms with Crippen LogP contribution in [-0.2, 0) is 0 Å². The Morgan fingerprint density at radius 1 is 0.794 bits per heavy atom. The Morgan fingerprint density at radius 3 is 1.88 bits per heavy atom. The van der Waals surface area contributed by atoms with Crippen LogP contribution in [0.5, 0.6) is 11.5 Å². The maximum Gasteiger partial charge on any atom is 0.207 e. The number of para-hydroxylation sites is 4. The first-order valence-electron chi connectivity index (χ1n) is 10.5. The summed E-state index contributed by atoms with van der Waals surface area (Å²) in [5, 5.41) is 20.2. The molecule has 0 atom stereocenters. The van der Waals surface area contributed by atoms with Crippen LogP contribution >= 0.6 is 0 Å². The van der Waals surface area contributed by atoms with E-state index in [4.69, 9.17) is 4.74 Å². The van der Waals surface area contributed by atoms with Gasteiger partial charge in [-0.2, -0.15) is 5.26 Å². The van der Waals surface area contributed by atoms with E-state index >= 15 is 0 Å². The number of ketones is 1. The highest BCUT2D eigenvalue weighted by Crippen LogP contribution is 2.50. The van der Waals surface area contributed by atoms with Gasteiger partial charge in [-0.15, -0.1) is 0 Å². The minimum absolute atomic E-state index is 0.114. The van der Waals surface area contributed by atoms with Gasteiger partial charge in [-0.05, 0) is 72.8 Å².